The zero-order valence-corrected chi connectivity index (χ0v) is 19.6. The molecule has 1 aliphatic rings. The van der Waals surface area contributed by atoms with Gasteiger partial charge in [0.2, 0.25) is 11.9 Å². The van der Waals surface area contributed by atoms with Gasteiger partial charge in [0.25, 0.3) is 0 Å². The molecule has 36 heavy (non-hydrogen) atoms. The van der Waals surface area contributed by atoms with Crippen LogP contribution in [0.3, 0.4) is 0 Å². The van der Waals surface area contributed by atoms with E-state index in [9.17, 15) is 18.7 Å². The maximum atomic E-state index is 12.3. The van der Waals surface area contributed by atoms with Gasteiger partial charge in [-0.15, -0.1) is 0 Å². The molecule has 2 aromatic carbocycles. The summed E-state index contributed by atoms with van der Waals surface area (Å²) in [6.07, 6.45) is 4.67. The zero-order valence-electron chi connectivity index (χ0n) is 19.6. The second-order valence-electron chi connectivity index (χ2n) is 8.52. The molecule has 1 aliphatic heterocycles. The van der Waals surface area contributed by atoms with Gasteiger partial charge in [-0.1, -0.05) is 24.3 Å². The lowest BCUT2D eigenvalue weighted by atomic mass is 9.96. The molecule has 2 heterocycles. The minimum Gasteiger partial charge on any atom is -0.435 e. The minimum atomic E-state index is -2.87. The Bertz CT molecular complexity index is 1110. The number of carbonyl (C=O) groups excluding carboxylic acids is 1. The molecule has 190 valence electrons. The van der Waals surface area contributed by atoms with E-state index < -0.39 is 12.7 Å². The highest BCUT2D eigenvalue weighted by Gasteiger charge is 2.18. The smallest absolute Gasteiger partial charge is 0.387 e. The molecule has 10 heteroatoms. The van der Waals surface area contributed by atoms with Crippen molar-refractivity contribution in [3.63, 3.8) is 0 Å². The van der Waals surface area contributed by atoms with Crippen molar-refractivity contribution in [1.82, 2.24) is 15.3 Å². The predicted molar refractivity (Wildman–Crippen MR) is 130 cm³/mol. The standard InChI is InChI=1S/C26H28F2N4O4/c27-25(28)36-22-7-3-18(4-8-22)20-14-30-26(31-15-20)32-21-5-1-19(2-6-21)23(33)16-29-24(34)13-17-9-11-35-12-10-17/h1-8,14-15,17,23,25,33H,9-13,16H2,(H,29,34)(H,30,31,32). The van der Waals surface area contributed by atoms with Crippen LogP contribution in [0.15, 0.2) is 60.9 Å². The summed E-state index contributed by atoms with van der Waals surface area (Å²) < 4.78 is 34.2. The molecule has 0 bridgehead atoms. The van der Waals surface area contributed by atoms with Crippen LogP contribution in [0, 0.1) is 5.92 Å². The van der Waals surface area contributed by atoms with E-state index in [-0.39, 0.29) is 18.2 Å². The summed E-state index contributed by atoms with van der Waals surface area (Å²) in [5.74, 6) is 0.742. The first-order valence-electron chi connectivity index (χ1n) is 11.7. The molecule has 8 nitrogen and oxygen atoms in total. The maximum absolute atomic E-state index is 12.3. The number of nitrogens with one attached hydrogen (secondary N) is 2. The fourth-order valence-corrected chi connectivity index (χ4v) is 3.90. The Balaban J connectivity index is 1.26. The third-order valence-corrected chi connectivity index (χ3v) is 5.92. The van der Waals surface area contributed by atoms with E-state index >= 15 is 0 Å². The summed E-state index contributed by atoms with van der Waals surface area (Å²) in [7, 11) is 0. The molecule has 3 aromatic rings. The number of hydrogen-bond acceptors (Lipinski definition) is 7. The average molecular weight is 499 g/mol. The third kappa shape index (κ3) is 7.43. The number of halogens is 2. The van der Waals surface area contributed by atoms with Gasteiger partial charge in [-0.05, 0) is 54.2 Å². The summed E-state index contributed by atoms with van der Waals surface area (Å²) in [6.45, 7) is -1.32. The van der Waals surface area contributed by atoms with Crippen LogP contribution < -0.4 is 15.4 Å². The fraction of sp³-hybridized carbons (Fsp3) is 0.346. The number of amides is 1. The number of hydrogen-bond donors (Lipinski definition) is 3. The quantitative estimate of drug-likeness (QED) is 0.379. The molecule has 1 unspecified atom stereocenters. The number of benzene rings is 2. The SMILES string of the molecule is O=C(CC1CCOCC1)NCC(O)c1ccc(Nc2ncc(-c3ccc(OC(F)F)cc3)cn2)cc1. The van der Waals surface area contributed by atoms with Crippen LogP contribution in [0.4, 0.5) is 20.4 Å². The molecule has 1 amide bonds. The van der Waals surface area contributed by atoms with Crippen LogP contribution in [0.5, 0.6) is 5.75 Å². The number of rotatable bonds is 10. The first-order chi connectivity index (χ1) is 17.5. The highest BCUT2D eigenvalue weighted by Crippen LogP contribution is 2.24. The van der Waals surface area contributed by atoms with Crippen LogP contribution >= 0.6 is 0 Å². The van der Waals surface area contributed by atoms with Crippen LogP contribution in [0.1, 0.15) is 30.9 Å². The lowest BCUT2D eigenvalue weighted by Crippen LogP contribution is -2.31. The van der Waals surface area contributed by atoms with Crippen molar-refractivity contribution >= 4 is 17.5 Å². The molecule has 1 atom stereocenters. The monoisotopic (exact) mass is 498 g/mol. The van der Waals surface area contributed by atoms with E-state index in [1.54, 1.807) is 48.8 Å². The number of nitrogens with zero attached hydrogens (tertiary/aromatic N) is 2. The number of aromatic nitrogens is 2. The molecule has 1 fully saturated rings. The van der Waals surface area contributed by atoms with Gasteiger partial charge in [0.1, 0.15) is 5.75 Å². The van der Waals surface area contributed by atoms with Crippen LogP contribution in [0.25, 0.3) is 11.1 Å². The summed E-state index contributed by atoms with van der Waals surface area (Å²) >= 11 is 0. The van der Waals surface area contributed by atoms with Crippen LogP contribution in [0.2, 0.25) is 0 Å². The van der Waals surface area contributed by atoms with Gasteiger partial charge in [-0.25, -0.2) is 9.97 Å². The topological polar surface area (TPSA) is 106 Å². The average Bonchev–Trinajstić information content (AvgIpc) is 2.89. The summed E-state index contributed by atoms with van der Waals surface area (Å²) in [6, 6.07) is 13.4. The largest absolute Gasteiger partial charge is 0.435 e. The Morgan fingerprint density at radius 2 is 1.69 bits per heavy atom. The van der Waals surface area contributed by atoms with Gasteiger partial charge in [-0.2, -0.15) is 8.78 Å². The van der Waals surface area contributed by atoms with Crippen molar-refractivity contribution in [2.75, 3.05) is 25.1 Å². The molecule has 3 N–H and O–H groups in total. The number of aliphatic hydroxyl groups excluding tert-OH is 1. The lowest BCUT2D eigenvalue weighted by molar-refractivity contribution is -0.123. The maximum Gasteiger partial charge on any atom is 0.387 e. The molecule has 0 spiro atoms. The van der Waals surface area contributed by atoms with E-state index in [0.717, 1.165) is 29.7 Å². The van der Waals surface area contributed by atoms with Gasteiger partial charge in [-0.3, -0.25) is 4.79 Å². The van der Waals surface area contributed by atoms with Gasteiger partial charge in [0, 0.05) is 49.8 Å². The summed E-state index contributed by atoms with van der Waals surface area (Å²) in [5.41, 5.74) is 2.90. The third-order valence-electron chi connectivity index (χ3n) is 5.92. The lowest BCUT2D eigenvalue weighted by Gasteiger charge is -2.21. The van der Waals surface area contributed by atoms with Gasteiger partial charge in [0.05, 0.1) is 6.10 Å². The Hall–Kier alpha value is -3.63. The fourth-order valence-electron chi connectivity index (χ4n) is 3.90. The van der Waals surface area contributed by atoms with Crippen molar-refractivity contribution in [3.05, 3.63) is 66.5 Å². The number of aliphatic hydroxyl groups is 1. The number of alkyl halides is 2. The van der Waals surface area contributed by atoms with Gasteiger partial charge < -0.3 is 25.2 Å². The zero-order chi connectivity index (χ0) is 25.3. The van der Waals surface area contributed by atoms with Crippen molar-refractivity contribution in [2.24, 2.45) is 5.92 Å². The first-order valence-corrected chi connectivity index (χ1v) is 11.7. The van der Waals surface area contributed by atoms with E-state index in [1.807, 2.05) is 0 Å². The second kappa shape index (κ2) is 12.4. The summed E-state index contributed by atoms with van der Waals surface area (Å²) in [4.78, 5) is 20.7. The minimum absolute atomic E-state index is 0.0581. The highest BCUT2D eigenvalue weighted by atomic mass is 19.3. The number of anilines is 2. The number of ether oxygens (including phenoxy) is 2. The van der Waals surface area contributed by atoms with Gasteiger partial charge >= 0.3 is 6.61 Å². The van der Waals surface area contributed by atoms with E-state index in [4.69, 9.17) is 4.74 Å². The number of carbonyl (C=O) groups is 1. The van der Waals surface area contributed by atoms with Crippen molar-refractivity contribution in [2.45, 2.75) is 32.0 Å². The molecule has 4 rings (SSSR count). The van der Waals surface area contributed by atoms with Gasteiger partial charge in [0.15, 0.2) is 0 Å². The summed E-state index contributed by atoms with van der Waals surface area (Å²) in [5, 5.41) is 16.3. The van der Waals surface area contributed by atoms with Crippen LogP contribution in [-0.2, 0) is 9.53 Å². The Morgan fingerprint density at radius 3 is 2.33 bits per heavy atom. The normalized spacial score (nSPS) is 14.9. The molecule has 0 radical (unpaired) electrons. The first kappa shape index (κ1) is 25.5. The molecule has 0 saturated carbocycles. The predicted octanol–water partition coefficient (Wildman–Crippen LogP) is 4.45. The molecule has 1 saturated heterocycles. The van der Waals surface area contributed by atoms with E-state index in [0.29, 0.717) is 37.1 Å². The molecule has 1 aromatic heterocycles. The highest BCUT2D eigenvalue weighted by molar-refractivity contribution is 5.76. The molecular formula is C26H28F2N4O4. The second-order valence-corrected chi connectivity index (χ2v) is 8.52. The van der Waals surface area contributed by atoms with Crippen molar-refractivity contribution in [1.29, 1.82) is 0 Å². The van der Waals surface area contributed by atoms with Crippen molar-refractivity contribution in [3.8, 4) is 16.9 Å². The Labute approximate surface area is 207 Å². The Kier molecular flexibility index (Phi) is 8.75. The molecular weight excluding hydrogens is 470 g/mol. The Morgan fingerprint density at radius 1 is 1.03 bits per heavy atom. The van der Waals surface area contributed by atoms with Crippen LogP contribution in [-0.4, -0.2) is 47.4 Å². The van der Waals surface area contributed by atoms with E-state index in [1.165, 1.54) is 12.1 Å². The van der Waals surface area contributed by atoms with E-state index in [2.05, 4.69) is 25.3 Å². The van der Waals surface area contributed by atoms with Crippen molar-refractivity contribution < 1.29 is 28.2 Å². The molecule has 0 aliphatic carbocycles.